The van der Waals surface area contributed by atoms with Crippen LogP contribution in [0.2, 0.25) is 0 Å². The van der Waals surface area contributed by atoms with Crippen molar-refractivity contribution in [1.82, 2.24) is 10.2 Å². The van der Waals surface area contributed by atoms with Gasteiger partial charge in [-0.1, -0.05) is 20.8 Å². The number of hydrogen-bond acceptors (Lipinski definition) is 3. The van der Waals surface area contributed by atoms with Crippen molar-refractivity contribution < 1.29 is 9.31 Å². The van der Waals surface area contributed by atoms with Gasteiger partial charge in [0.1, 0.15) is 0 Å². The molecule has 18 heavy (non-hydrogen) atoms. The van der Waals surface area contributed by atoms with Crippen LogP contribution in [0.1, 0.15) is 54.2 Å². The van der Waals surface area contributed by atoms with Gasteiger partial charge in [-0.3, -0.25) is 5.10 Å². The standard InChI is InChI=1S/C13H23BN2O2/c1-11(2,3)9-8-10(16-15-9)14-17-12(4,5)13(6,7)18-14/h8H,1-7H3,(H,15,16). The molecule has 100 valence electrons. The number of rotatable bonds is 1. The lowest BCUT2D eigenvalue weighted by molar-refractivity contribution is 0.00578. The summed E-state index contributed by atoms with van der Waals surface area (Å²) in [6.45, 7) is 14.6. The highest BCUT2D eigenvalue weighted by Gasteiger charge is 2.52. The van der Waals surface area contributed by atoms with Crippen LogP contribution in [0, 0.1) is 0 Å². The van der Waals surface area contributed by atoms with Gasteiger partial charge in [0.05, 0.1) is 22.5 Å². The number of nitrogens with zero attached hydrogens (tertiary/aromatic N) is 1. The molecule has 5 heteroatoms. The highest BCUT2D eigenvalue weighted by Crippen LogP contribution is 2.36. The fourth-order valence-electron chi connectivity index (χ4n) is 1.81. The second kappa shape index (κ2) is 3.84. The Hall–Kier alpha value is -0.805. The largest absolute Gasteiger partial charge is 0.513 e. The maximum Gasteiger partial charge on any atom is 0.513 e. The van der Waals surface area contributed by atoms with E-state index in [4.69, 9.17) is 9.31 Å². The van der Waals surface area contributed by atoms with Gasteiger partial charge in [0.2, 0.25) is 0 Å². The fraction of sp³-hybridized carbons (Fsp3) is 0.769. The van der Waals surface area contributed by atoms with Crippen molar-refractivity contribution >= 4 is 12.7 Å². The minimum Gasteiger partial charge on any atom is -0.398 e. The predicted octanol–water partition coefficient (Wildman–Crippen LogP) is 2.01. The van der Waals surface area contributed by atoms with Crippen molar-refractivity contribution in [2.45, 2.75) is 65.1 Å². The first-order valence-corrected chi connectivity index (χ1v) is 6.44. The Balaban J connectivity index is 2.23. The molecular formula is C13H23BN2O2. The zero-order valence-corrected chi connectivity index (χ0v) is 12.4. The smallest absolute Gasteiger partial charge is 0.398 e. The zero-order chi connectivity index (χ0) is 13.8. The molecule has 1 aliphatic heterocycles. The van der Waals surface area contributed by atoms with Crippen LogP contribution in [0.15, 0.2) is 6.07 Å². The SMILES string of the molecule is CC(C)(C)c1cc(B2OC(C)(C)C(C)(C)O2)[nH]n1. The molecule has 0 saturated carbocycles. The molecule has 0 unspecified atom stereocenters. The summed E-state index contributed by atoms with van der Waals surface area (Å²) < 4.78 is 12.0. The first kappa shape index (κ1) is 13.6. The molecule has 0 amide bonds. The normalized spacial score (nSPS) is 22.5. The van der Waals surface area contributed by atoms with Crippen molar-refractivity contribution in [2.24, 2.45) is 0 Å². The van der Waals surface area contributed by atoms with Crippen molar-refractivity contribution in [3.05, 3.63) is 11.8 Å². The monoisotopic (exact) mass is 250 g/mol. The van der Waals surface area contributed by atoms with Gasteiger partial charge < -0.3 is 9.31 Å². The minimum atomic E-state index is -0.362. The van der Waals surface area contributed by atoms with Gasteiger partial charge in [0, 0.05) is 5.41 Å². The van der Waals surface area contributed by atoms with Crippen LogP contribution in [-0.4, -0.2) is 28.5 Å². The molecule has 0 spiro atoms. The van der Waals surface area contributed by atoms with Gasteiger partial charge in [0.15, 0.2) is 0 Å². The van der Waals surface area contributed by atoms with Gasteiger partial charge >= 0.3 is 7.12 Å². The summed E-state index contributed by atoms with van der Waals surface area (Å²) in [5.41, 5.74) is 1.30. The molecule has 2 rings (SSSR count). The maximum atomic E-state index is 5.98. The minimum absolute atomic E-state index is 0.0262. The van der Waals surface area contributed by atoms with E-state index in [1.807, 2.05) is 33.8 Å². The van der Waals surface area contributed by atoms with Crippen LogP contribution in [0.3, 0.4) is 0 Å². The van der Waals surface area contributed by atoms with E-state index in [0.29, 0.717) is 0 Å². The van der Waals surface area contributed by atoms with Crippen molar-refractivity contribution in [3.63, 3.8) is 0 Å². The highest BCUT2D eigenvalue weighted by molar-refractivity contribution is 6.61. The van der Waals surface area contributed by atoms with E-state index in [9.17, 15) is 0 Å². The topological polar surface area (TPSA) is 47.1 Å². The average Bonchev–Trinajstić information content (AvgIpc) is 2.69. The van der Waals surface area contributed by atoms with Crippen LogP contribution in [-0.2, 0) is 14.7 Å². The number of nitrogens with one attached hydrogen (secondary N) is 1. The third-order valence-corrected chi connectivity index (χ3v) is 3.87. The van der Waals surface area contributed by atoms with Crippen LogP contribution < -0.4 is 5.59 Å². The lowest BCUT2D eigenvalue weighted by Crippen LogP contribution is -2.41. The third kappa shape index (κ3) is 2.21. The Labute approximate surface area is 110 Å². The third-order valence-electron chi connectivity index (χ3n) is 3.87. The van der Waals surface area contributed by atoms with Gasteiger partial charge in [-0.25, -0.2) is 0 Å². The maximum absolute atomic E-state index is 5.98. The van der Waals surface area contributed by atoms with Crippen molar-refractivity contribution in [1.29, 1.82) is 0 Å². The predicted molar refractivity (Wildman–Crippen MR) is 73.0 cm³/mol. The van der Waals surface area contributed by atoms with Crippen LogP contribution in [0.25, 0.3) is 0 Å². The fourth-order valence-corrected chi connectivity index (χ4v) is 1.81. The van der Waals surface area contributed by atoms with Crippen LogP contribution in [0.5, 0.6) is 0 Å². The summed E-state index contributed by atoms with van der Waals surface area (Å²) in [5.74, 6) is 0. The summed E-state index contributed by atoms with van der Waals surface area (Å²) in [7, 11) is -0.362. The van der Waals surface area contributed by atoms with E-state index in [2.05, 4.69) is 31.0 Å². The Morgan fingerprint density at radius 2 is 1.61 bits per heavy atom. The Morgan fingerprint density at radius 1 is 1.11 bits per heavy atom. The first-order chi connectivity index (χ1) is 8.03. The summed E-state index contributed by atoms with van der Waals surface area (Å²) in [6.07, 6.45) is 0. The van der Waals surface area contributed by atoms with E-state index >= 15 is 0 Å². The molecule has 0 atom stereocenters. The first-order valence-electron chi connectivity index (χ1n) is 6.44. The van der Waals surface area contributed by atoms with E-state index in [1.165, 1.54) is 0 Å². The van der Waals surface area contributed by atoms with Crippen LogP contribution >= 0.6 is 0 Å². The number of hydrogen-bond donors (Lipinski definition) is 1. The van der Waals surface area contributed by atoms with E-state index in [-0.39, 0.29) is 23.7 Å². The quantitative estimate of drug-likeness (QED) is 0.775. The second-order valence-electron chi connectivity index (χ2n) is 7.05. The van der Waals surface area contributed by atoms with E-state index in [1.54, 1.807) is 0 Å². The van der Waals surface area contributed by atoms with Crippen LogP contribution in [0.4, 0.5) is 0 Å². The van der Waals surface area contributed by atoms with Crippen molar-refractivity contribution in [3.8, 4) is 0 Å². The van der Waals surface area contributed by atoms with Gasteiger partial charge in [0.25, 0.3) is 0 Å². The van der Waals surface area contributed by atoms with Gasteiger partial charge in [-0.05, 0) is 33.8 Å². The molecule has 1 fully saturated rings. The molecule has 0 aromatic carbocycles. The average molecular weight is 250 g/mol. The summed E-state index contributed by atoms with van der Waals surface area (Å²) in [5, 5.41) is 7.37. The Bertz CT molecular complexity index is 430. The molecule has 2 heterocycles. The molecule has 1 aromatic heterocycles. The molecule has 1 aromatic rings. The number of H-pyrrole nitrogens is 1. The zero-order valence-electron chi connectivity index (χ0n) is 12.4. The highest BCUT2D eigenvalue weighted by atomic mass is 16.7. The lowest BCUT2D eigenvalue weighted by Gasteiger charge is -2.32. The Kier molecular flexibility index (Phi) is 2.91. The van der Waals surface area contributed by atoms with Gasteiger partial charge in [-0.15, -0.1) is 0 Å². The summed E-state index contributed by atoms with van der Waals surface area (Å²) in [6, 6.07) is 2.03. The molecule has 0 bridgehead atoms. The number of aromatic nitrogens is 2. The molecule has 1 aliphatic rings. The molecule has 1 saturated heterocycles. The van der Waals surface area contributed by atoms with E-state index < -0.39 is 0 Å². The second-order valence-corrected chi connectivity index (χ2v) is 7.05. The summed E-state index contributed by atoms with van der Waals surface area (Å²) in [4.78, 5) is 0. The lowest BCUT2D eigenvalue weighted by atomic mass is 9.82. The van der Waals surface area contributed by atoms with Crippen molar-refractivity contribution in [2.75, 3.05) is 0 Å². The Morgan fingerprint density at radius 3 is 2.00 bits per heavy atom. The summed E-state index contributed by atoms with van der Waals surface area (Å²) >= 11 is 0. The van der Waals surface area contributed by atoms with Gasteiger partial charge in [-0.2, -0.15) is 5.10 Å². The number of aromatic amines is 1. The molecule has 0 aliphatic carbocycles. The molecular weight excluding hydrogens is 227 g/mol. The van der Waals surface area contributed by atoms with E-state index in [0.717, 1.165) is 11.3 Å². The molecule has 1 N–H and O–H groups in total. The molecule has 4 nitrogen and oxygen atoms in total. The molecule has 0 radical (unpaired) electrons.